The van der Waals surface area contributed by atoms with Crippen molar-refractivity contribution in [1.82, 2.24) is 9.03 Å². The number of sulfonamides is 2. The van der Waals surface area contributed by atoms with Crippen molar-refractivity contribution in [3.8, 4) is 5.75 Å². The minimum Gasteiger partial charge on any atom is -0.495 e. The molecule has 1 N–H and O–H groups in total. The molecule has 4 rings (SSSR count). The van der Waals surface area contributed by atoms with E-state index in [0.717, 1.165) is 5.56 Å². The maximum atomic E-state index is 13.2. The number of methoxy groups -OCH3 is 1. The molecule has 1 heterocycles. The smallest absolute Gasteiger partial charge is 0.243 e. The van der Waals surface area contributed by atoms with Crippen LogP contribution in [0.25, 0.3) is 0 Å². The van der Waals surface area contributed by atoms with E-state index in [4.69, 9.17) is 4.74 Å². The van der Waals surface area contributed by atoms with Gasteiger partial charge in [-0.3, -0.25) is 0 Å². The highest BCUT2D eigenvalue weighted by molar-refractivity contribution is 7.89. The molecule has 37 heavy (non-hydrogen) atoms. The van der Waals surface area contributed by atoms with Crippen molar-refractivity contribution in [3.05, 3.63) is 83.7 Å². The Labute approximate surface area is 217 Å². The Hall–Kier alpha value is -2.99. The Morgan fingerprint density at radius 3 is 2.24 bits per heavy atom. The maximum Gasteiger partial charge on any atom is 0.243 e. The summed E-state index contributed by atoms with van der Waals surface area (Å²) in [6.45, 7) is 3.20. The van der Waals surface area contributed by atoms with Crippen LogP contribution in [0.15, 0.2) is 76.5 Å². The van der Waals surface area contributed by atoms with Crippen LogP contribution >= 0.6 is 0 Å². The number of ether oxygens (including phenoxy) is 1. The molecular formula is C26H30FN3O5S2. The average molecular weight is 548 g/mol. The van der Waals surface area contributed by atoms with Gasteiger partial charge in [-0.2, -0.15) is 4.31 Å². The fraction of sp³-hybridized carbons (Fsp3) is 0.308. The molecule has 1 aliphatic rings. The third-order valence-electron chi connectivity index (χ3n) is 6.37. The largest absolute Gasteiger partial charge is 0.495 e. The molecule has 0 aromatic heterocycles. The molecule has 0 unspecified atom stereocenters. The average Bonchev–Trinajstić information content (AvgIpc) is 2.89. The minimum atomic E-state index is -3.81. The highest BCUT2D eigenvalue weighted by Gasteiger charge is 2.30. The Morgan fingerprint density at radius 2 is 1.59 bits per heavy atom. The number of halogens is 1. The van der Waals surface area contributed by atoms with E-state index in [2.05, 4.69) is 4.72 Å². The molecule has 0 amide bonds. The number of benzene rings is 3. The highest BCUT2D eigenvalue weighted by Crippen LogP contribution is 2.32. The molecule has 0 radical (unpaired) electrons. The summed E-state index contributed by atoms with van der Waals surface area (Å²) < 4.78 is 74.8. The second kappa shape index (κ2) is 11.2. The van der Waals surface area contributed by atoms with Crippen molar-refractivity contribution < 1.29 is 26.0 Å². The molecule has 198 valence electrons. The molecule has 1 saturated heterocycles. The zero-order valence-corrected chi connectivity index (χ0v) is 22.4. The van der Waals surface area contributed by atoms with Crippen molar-refractivity contribution in [2.75, 3.05) is 44.7 Å². The normalized spacial score (nSPS) is 15.1. The van der Waals surface area contributed by atoms with E-state index in [0.29, 0.717) is 41.4 Å². The summed E-state index contributed by atoms with van der Waals surface area (Å²) in [5.41, 5.74) is 2.09. The van der Waals surface area contributed by atoms with Gasteiger partial charge >= 0.3 is 0 Å². The molecule has 0 spiro atoms. The Morgan fingerprint density at radius 1 is 0.919 bits per heavy atom. The van der Waals surface area contributed by atoms with Gasteiger partial charge in [0, 0.05) is 32.7 Å². The lowest BCUT2D eigenvalue weighted by Gasteiger charge is -2.36. The van der Waals surface area contributed by atoms with Gasteiger partial charge in [0.25, 0.3) is 0 Å². The van der Waals surface area contributed by atoms with Crippen molar-refractivity contribution >= 4 is 25.7 Å². The first-order chi connectivity index (χ1) is 17.6. The van der Waals surface area contributed by atoms with Gasteiger partial charge in [-0.25, -0.2) is 25.9 Å². The molecule has 0 bridgehead atoms. The van der Waals surface area contributed by atoms with E-state index in [-0.39, 0.29) is 30.3 Å². The summed E-state index contributed by atoms with van der Waals surface area (Å²) in [6.07, 6.45) is 0.417. The van der Waals surface area contributed by atoms with E-state index in [1.165, 1.54) is 29.6 Å². The summed E-state index contributed by atoms with van der Waals surface area (Å²) in [4.78, 5) is 2.30. The third-order valence-corrected chi connectivity index (χ3v) is 9.89. The van der Waals surface area contributed by atoms with Crippen molar-refractivity contribution in [3.63, 3.8) is 0 Å². The van der Waals surface area contributed by atoms with Gasteiger partial charge in [-0.05, 0) is 60.9 Å². The van der Waals surface area contributed by atoms with Crippen molar-refractivity contribution in [1.29, 1.82) is 0 Å². The summed E-state index contributed by atoms with van der Waals surface area (Å²) in [5, 5.41) is 0. The number of anilines is 1. The second-order valence-corrected chi connectivity index (χ2v) is 12.4. The van der Waals surface area contributed by atoms with E-state index >= 15 is 0 Å². The first kappa shape index (κ1) is 27.1. The van der Waals surface area contributed by atoms with E-state index < -0.39 is 20.0 Å². The standard InChI is InChI=1S/C26H30FN3O5S2/c1-20-5-3-4-6-26(20)37(33,34)30-17-15-29(16-18-30)24-19-23(11-12-25(24)35-2)36(31,32)28-14-13-21-7-9-22(27)10-8-21/h3-12,19,28H,13-18H2,1-2H3. The fourth-order valence-electron chi connectivity index (χ4n) is 4.30. The van der Waals surface area contributed by atoms with Crippen LogP contribution in [0.5, 0.6) is 5.75 Å². The van der Waals surface area contributed by atoms with Crippen molar-refractivity contribution in [2.24, 2.45) is 0 Å². The Balaban J connectivity index is 1.46. The molecule has 3 aromatic rings. The molecular weight excluding hydrogens is 517 g/mol. The summed E-state index contributed by atoms with van der Waals surface area (Å²) in [6, 6.07) is 17.4. The zero-order chi connectivity index (χ0) is 26.6. The number of hydrogen-bond donors (Lipinski definition) is 1. The van der Waals surface area contributed by atoms with E-state index in [1.807, 2.05) is 4.90 Å². The van der Waals surface area contributed by atoms with Crippen LogP contribution in [0, 0.1) is 12.7 Å². The monoisotopic (exact) mass is 547 g/mol. The molecule has 1 aliphatic heterocycles. The first-order valence-electron chi connectivity index (χ1n) is 11.8. The summed E-state index contributed by atoms with van der Waals surface area (Å²) >= 11 is 0. The number of hydrogen-bond acceptors (Lipinski definition) is 6. The first-order valence-corrected chi connectivity index (χ1v) is 14.8. The van der Waals surface area contributed by atoms with Crippen LogP contribution in [-0.4, -0.2) is 61.0 Å². The number of nitrogens with zero attached hydrogens (tertiary/aromatic N) is 2. The predicted molar refractivity (Wildman–Crippen MR) is 140 cm³/mol. The van der Waals surface area contributed by atoms with Crippen LogP contribution in [0.3, 0.4) is 0 Å². The molecule has 0 aliphatic carbocycles. The number of rotatable bonds is 9. The van der Waals surface area contributed by atoms with Gasteiger partial charge in [0.15, 0.2) is 0 Å². The van der Waals surface area contributed by atoms with Crippen LogP contribution in [-0.2, 0) is 26.5 Å². The van der Waals surface area contributed by atoms with Crippen LogP contribution in [0.1, 0.15) is 11.1 Å². The lowest BCUT2D eigenvalue weighted by atomic mass is 10.1. The molecule has 0 saturated carbocycles. The van der Waals surface area contributed by atoms with Crippen LogP contribution < -0.4 is 14.4 Å². The predicted octanol–water partition coefficient (Wildman–Crippen LogP) is 3.17. The van der Waals surface area contributed by atoms with Gasteiger partial charge in [-0.1, -0.05) is 30.3 Å². The number of piperazine rings is 1. The van der Waals surface area contributed by atoms with Gasteiger partial charge in [0.1, 0.15) is 11.6 Å². The minimum absolute atomic E-state index is 0.0809. The number of nitrogens with one attached hydrogen (secondary N) is 1. The topological polar surface area (TPSA) is 96.0 Å². The lowest BCUT2D eigenvalue weighted by molar-refractivity contribution is 0.378. The van der Waals surface area contributed by atoms with E-state index in [1.54, 1.807) is 55.5 Å². The van der Waals surface area contributed by atoms with Crippen molar-refractivity contribution in [2.45, 2.75) is 23.1 Å². The van der Waals surface area contributed by atoms with Crippen LogP contribution in [0.2, 0.25) is 0 Å². The summed E-state index contributed by atoms with van der Waals surface area (Å²) in [7, 11) is -5.94. The molecule has 3 aromatic carbocycles. The van der Waals surface area contributed by atoms with Gasteiger partial charge < -0.3 is 9.64 Å². The Kier molecular flexibility index (Phi) is 8.17. The molecule has 1 fully saturated rings. The molecule has 8 nitrogen and oxygen atoms in total. The van der Waals surface area contributed by atoms with Gasteiger partial charge in [0.05, 0.1) is 22.6 Å². The highest BCUT2D eigenvalue weighted by atomic mass is 32.2. The zero-order valence-electron chi connectivity index (χ0n) is 20.7. The fourth-order valence-corrected chi connectivity index (χ4v) is 7.00. The summed E-state index contributed by atoms with van der Waals surface area (Å²) in [5.74, 6) is 0.157. The quantitative estimate of drug-likeness (QED) is 0.442. The van der Waals surface area contributed by atoms with Gasteiger partial charge in [0.2, 0.25) is 20.0 Å². The van der Waals surface area contributed by atoms with Crippen LogP contribution in [0.4, 0.5) is 10.1 Å². The Bertz CT molecular complexity index is 1450. The lowest BCUT2D eigenvalue weighted by Crippen LogP contribution is -2.48. The number of aryl methyl sites for hydroxylation is 1. The maximum absolute atomic E-state index is 13.2. The SMILES string of the molecule is COc1ccc(S(=O)(=O)NCCc2ccc(F)cc2)cc1N1CCN(S(=O)(=O)c2ccccc2C)CC1. The second-order valence-electron chi connectivity index (χ2n) is 8.76. The molecule has 11 heteroatoms. The third kappa shape index (κ3) is 6.12. The molecule has 0 atom stereocenters. The van der Waals surface area contributed by atoms with E-state index in [9.17, 15) is 21.2 Å². The van der Waals surface area contributed by atoms with Gasteiger partial charge in [-0.15, -0.1) is 0 Å².